The fourth-order valence-corrected chi connectivity index (χ4v) is 3.17. The van der Waals surface area contributed by atoms with Crippen molar-refractivity contribution in [2.45, 2.75) is 52.4 Å². The van der Waals surface area contributed by atoms with Crippen LogP contribution in [0.3, 0.4) is 0 Å². The van der Waals surface area contributed by atoms with E-state index in [1.54, 1.807) is 0 Å². The highest BCUT2D eigenvalue weighted by Crippen LogP contribution is 2.22. The lowest BCUT2D eigenvalue weighted by Gasteiger charge is -2.22. The Labute approximate surface area is 115 Å². The third-order valence-corrected chi connectivity index (χ3v) is 3.94. The lowest BCUT2D eigenvalue weighted by Crippen LogP contribution is -2.26. The van der Waals surface area contributed by atoms with Crippen LogP contribution < -0.4 is 4.90 Å². The SMILES string of the molecule is Cc1[nH]c(N2CCCCCC2)nc(=S)c1C(C)C. The molecule has 4 heteroatoms. The number of anilines is 1. The fourth-order valence-electron chi connectivity index (χ4n) is 2.69. The summed E-state index contributed by atoms with van der Waals surface area (Å²) in [7, 11) is 0. The van der Waals surface area contributed by atoms with Crippen LogP contribution in [0.4, 0.5) is 5.95 Å². The number of H-pyrrole nitrogens is 1. The number of aromatic amines is 1. The summed E-state index contributed by atoms with van der Waals surface area (Å²) in [5, 5.41) is 0. The van der Waals surface area contributed by atoms with E-state index < -0.39 is 0 Å². The standard InChI is InChI=1S/C14H23N3S/c1-10(2)12-11(3)15-14(16-13(12)18)17-8-6-4-5-7-9-17/h10H,4-9H2,1-3H3,(H,15,16,18). The van der Waals surface area contributed by atoms with Crippen LogP contribution in [0, 0.1) is 11.6 Å². The van der Waals surface area contributed by atoms with E-state index in [-0.39, 0.29) is 0 Å². The number of nitrogens with zero attached hydrogens (tertiary/aromatic N) is 2. The minimum atomic E-state index is 0.430. The van der Waals surface area contributed by atoms with Crippen molar-refractivity contribution < 1.29 is 0 Å². The van der Waals surface area contributed by atoms with Crippen LogP contribution in [-0.4, -0.2) is 23.1 Å². The van der Waals surface area contributed by atoms with Crippen molar-refractivity contribution in [1.29, 1.82) is 0 Å². The van der Waals surface area contributed by atoms with Crippen molar-refractivity contribution in [1.82, 2.24) is 9.97 Å². The number of nitrogens with one attached hydrogen (secondary N) is 1. The van der Waals surface area contributed by atoms with E-state index in [0.29, 0.717) is 5.92 Å². The maximum absolute atomic E-state index is 5.45. The van der Waals surface area contributed by atoms with Crippen LogP contribution in [0.25, 0.3) is 0 Å². The molecule has 1 fully saturated rings. The average molecular weight is 265 g/mol. The van der Waals surface area contributed by atoms with Crippen molar-refractivity contribution in [3.8, 4) is 0 Å². The molecule has 0 spiro atoms. The molecular formula is C14H23N3S. The Morgan fingerprint density at radius 3 is 2.28 bits per heavy atom. The largest absolute Gasteiger partial charge is 0.342 e. The molecule has 1 saturated heterocycles. The van der Waals surface area contributed by atoms with E-state index in [1.165, 1.54) is 36.9 Å². The molecule has 0 aliphatic carbocycles. The third kappa shape index (κ3) is 2.91. The first kappa shape index (κ1) is 13.5. The fraction of sp³-hybridized carbons (Fsp3) is 0.714. The highest BCUT2D eigenvalue weighted by molar-refractivity contribution is 7.71. The summed E-state index contributed by atoms with van der Waals surface area (Å²) in [6, 6.07) is 0. The van der Waals surface area contributed by atoms with Gasteiger partial charge in [-0.05, 0) is 25.7 Å². The molecule has 0 radical (unpaired) electrons. The molecule has 1 N–H and O–H groups in total. The second-order valence-corrected chi connectivity index (χ2v) is 5.85. The Bertz CT molecular complexity index is 457. The Morgan fingerprint density at radius 1 is 1.17 bits per heavy atom. The van der Waals surface area contributed by atoms with Gasteiger partial charge in [-0.25, -0.2) is 4.98 Å². The van der Waals surface area contributed by atoms with Gasteiger partial charge < -0.3 is 9.88 Å². The zero-order valence-electron chi connectivity index (χ0n) is 11.6. The van der Waals surface area contributed by atoms with Gasteiger partial charge in [0.25, 0.3) is 0 Å². The minimum Gasteiger partial charge on any atom is -0.342 e. The van der Waals surface area contributed by atoms with E-state index in [9.17, 15) is 0 Å². The number of hydrogen-bond acceptors (Lipinski definition) is 3. The molecule has 0 unspecified atom stereocenters. The molecule has 1 aliphatic heterocycles. The Morgan fingerprint density at radius 2 is 1.78 bits per heavy atom. The predicted molar refractivity (Wildman–Crippen MR) is 78.9 cm³/mol. The summed E-state index contributed by atoms with van der Waals surface area (Å²) in [6.07, 6.45) is 5.18. The van der Waals surface area contributed by atoms with Crippen LogP contribution in [0.1, 0.15) is 56.7 Å². The molecule has 0 aromatic carbocycles. The van der Waals surface area contributed by atoms with Crippen molar-refractivity contribution >= 4 is 18.2 Å². The molecule has 100 valence electrons. The van der Waals surface area contributed by atoms with Crippen LogP contribution in [0.15, 0.2) is 0 Å². The number of aromatic nitrogens is 2. The van der Waals surface area contributed by atoms with E-state index >= 15 is 0 Å². The average Bonchev–Trinajstić information content (AvgIpc) is 2.55. The smallest absolute Gasteiger partial charge is 0.204 e. The van der Waals surface area contributed by atoms with Gasteiger partial charge in [0.15, 0.2) is 0 Å². The summed E-state index contributed by atoms with van der Waals surface area (Å²) in [5.41, 5.74) is 2.35. The zero-order chi connectivity index (χ0) is 13.1. The molecule has 3 nitrogen and oxygen atoms in total. The zero-order valence-corrected chi connectivity index (χ0v) is 12.4. The summed E-state index contributed by atoms with van der Waals surface area (Å²) >= 11 is 5.45. The van der Waals surface area contributed by atoms with Gasteiger partial charge in [-0.2, -0.15) is 0 Å². The quantitative estimate of drug-likeness (QED) is 0.822. The molecule has 0 saturated carbocycles. The predicted octanol–water partition coefficient (Wildman–Crippen LogP) is 3.95. The maximum Gasteiger partial charge on any atom is 0.204 e. The summed E-state index contributed by atoms with van der Waals surface area (Å²) in [6.45, 7) is 8.63. The Hall–Kier alpha value is -0.900. The van der Waals surface area contributed by atoms with Gasteiger partial charge in [-0.1, -0.05) is 38.9 Å². The molecule has 1 aliphatic rings. The highest BCUT2D eigenvalue weighted by Gasteiger charge is 2.15. The van der Waals surface area contributed by atoms with Gasteiger partial charge in [0.1, 0.15) is 4.64 Å². The van der Waals surface area contributed by atoms with E-state index in [4.69, 9.17) is 12.2 Å². The second-order valence-electron chi connectivity index (χ2n) is 5.46. The van der Waals surface area contributed by atoms with Gasteiger partial charge in [0, 0.05) is 24.3 Å². The van der Waals surface area contributed by atoms with Crippen LogP contribution >= 0.6 is 12.2 Å². The normalized spacial score (nSPS) is 17.0. The first-order valence-electron chi connectivity index (χ1n) is 6.95. The van der Waals surface area contributed by atoms with Gasteiger partial charge in [-0.3, -0.25) is 0 Å². The number of aryl methyl sites for hydroxylation is 1. The maximum atomic E-state index is 5.45. The molecule has 18 heavy (non-hydrogen) atoms. The van der Waals surface area contributed by atoms with Crippen molar-refractivity contribution in [2.24, 2.45) is 0 Å². The summed E-state index contributed by atoms with van der Waals surface area (Å²) in [4.78, 5) is 10.4. The molecular weight excluding hydrogens is 242 g/mol. The van der Waals surface area contributed by atoms with Gasteiger partial charge in [0.05, 0.1) is 0 Å². The monoisotopic (exact) mass is 265 g/mol. The van der Waals surface area contributed by atoms with E-state index in [2.05, 4.69) is 35.6 Å². The third-order valence-electron chi connectivity index (χ3n) is 3.62. The first-order chi connectivity index (χ1) is 8.59. The van der Waals surface area contributed by atoms with Crippen molar-refractivity contribution in [3.63, 3.8) is 0 Å². The second kappa shape index (κ2) is 5.83. The van der Waals surface area contributed by atoms with E-state index in [1.807, 2.05) is 0 Å². The number of hydrogen-bond donors (Lipinski definition) is 1. The van der Waals surface area contributed by atoms with Crippen LogP contribution in [0.5, 0.6) is 0 Å². The lowest BCUT2D eigenvalue weighted by atomic mass is 10.0. The summed E-state index contributed by atoms with van der Waals surface area (Å²) in [5.74, 6) is 1.39. The Balaban J connectivity index is 2.32. The van der Waals surface area contributed by atoms with Crippen LogP contribution in [0.2, 0.25) is 0 Å². The van der Waals surface area contributed by atoms with Crippen molar-refractivity contribution in [2.75, 3.05) is 18.0 Å². The topological polar surface area (TPSA) is 31.9 Å². The Kier molecular flexibility index (Phi) is 4.38. The first-order valence-corrected chi connectivity index (χ1v) is 7.36. The van der Waals surface area contributed by atoms with Gasteiger partial charge in [0.2, 0.25) is 5.95 Å². The van der Waals surface area contributed by atoms with Crippen LogP contribution in [-0.2, 0) is 0 Å². The molecule has 0 bridgehead atoms. The molecule has 1 aromatic heterocycles. The highest BCUT2D eigenvalue weighted by atomic mass is 32.1. The molecule has 0 atom stereocenters. The van der Waals surface area contributed by atoms with Crippen molar-refractivity contribution in [3.05, 3.63) is 15.9 Å². The number of rotatable bonds is 2. The van der Waals surface area contributed by atoms with Gasteiger partial charge >= 0.3 is 0 Å². The molecule has 2 rings (SSSR count). The van der Waals surface area contributed by atoms with E-state index in [0.717, 1.165) is 23.7 Å². The molecule has 0 amide bonds. The minimum absolute atomic E-state index is 0.430. The summed E-state index contributed by atoms with van der Waals surface area (Å²) < 4.78 is 0.764. The molecule has 1 aromatic rings. The lowest BCUT2D eigenvalue weighted by molar-refractivity contribution is 0.726. The van der Waals surface area contributed by atoms with Gasteiger partial charge in [-0.15, -0.1) is 0 Å². The molecule has 2 heterocycles.